The maximum atomic E-state index is 13.5. The fraction of sp³-hybridized carbons (Fsp3) is 0.387. The largest absolute Gasteiger partial charge is 0.497 e. The molecule has 2 heterocycles. The molecule has 4 aromatic rings. The first-order chi connectivity index (χ1) is 18.0. The predicted molar refractivity (Wildman–Crippen MR) is 152 cm³/mol. The molecule has 0 radical (unpaired) electrons. The molecular formula is C31H38N4O2. The van der Waals surface area contributed by atoms with Crippen molar-refractivity contribution in [2.45, 2.75) is 19.4 Å². The smallest absolute Gasteiger partial charge is 0.253 e. The number of aromatic nitrogens is 1. The summed E-state index contributed by atoms with van der Waals surface area (Å²) in [5.74, 6) is 1.03. The third kappa shape index (κ3) is 5.65. The number of amides is 1. The number of methoxy groups -OCH3 is 1. The Labute approximate surface area is 220 Å². The van der Waals surface area contributed by atoms with Gasteiger partial charge in [0, 0.05) is 66.6 Å². The molecule has 0 atom stereocenters. The number of piperazine rings is 1. The molecule has 6 nitrogen and oxygen atoms in total. The van der Waals surface area contributed by atoms with Crippen molar-refractivity contribution >= 4 is 27.7 Å². The lowest BCUT2D eigenvalue weighted by molar-refractivity contribution is 0.0638. The second-order valence-electron chi connectivity index (χ2n) is 10.3. The molecule has 0 spiro atoms. The minimum Gasteiger partial charge on any atom is -0.497 e. The Morgan fingerprint density at radius 3 is 2.32 bits per heavy atom. The molecule has 37 heavy (non-hydrogen) atoms. The molecule has 0 bridgehead atoms. The molecule has 0 N–H and O–H groups in total. The van der Waals surface area contributed by atoms with Crippen LogP contribution < -0.4 is 4.74 Å². The van der Waals surface area contributed by atoms with Crippen LogP contribution in [-0.2, 0) is 13.0 Å². The number of rotatable bonds is 9. The number of carbonyl (C=O) groups is 1. The van der Waals surface area contributed by atoms with E-state index >= 15 is 0 Å². The average molecular weight is 499 g/mol. The van der Waals surface area contributed by atoms with Crippen LogP contribution in [0.3, 0.4) is 0 Å². The van der Waals surface area contributed by atoms with E-state index in [4.69, 9.17) is 4.74 Å². The highest BCUT2D eigenvalue weighted by atomic mass is 16.5. The summed E-state index contributed by atoms with van der Waals surface area (Å²) in [6, 6.07) is 23.1. The minimum absolute atomic E-state index is 0.140. The van der Waals surface area contributed by atoms with Crippen LogP contribution in [0.15, 0.2) is 66.7 Å². The third-order valence-corrected chi connectivity index (χ3v) is 7.54. The molecule has 5 rings (SSSR count). The quantitative estimate of drug-likeness (QED) is 0.334. The summed E-state index contributed by atoms with van der Waals surface area (Å²) in [6.45, 7) is 6.39. The number of fused-ring (bicyclic) bond motifs is 3. The van der Waals surface area contributed by atoms with Gasteiger partial charge in [0.25, 0.3) is 5.91 Å². The van der Waals surface area contributed by atoms with Gasteiger partial charge in [0.05, 0.1) is 7.11 Å². The fourth-order valence-corrected chi connectivity index (χ4v) is 5.41. The van der Waals surface area contributed by atoms with Crippen molar-refractivity contribution in [3.63, 3.8) is 0 Å². The molecule has 194 valence electrons. The van der Waals surface area contributed by atoms with Crippen molar-refractivity contribution in [3.8, 4) is 5.75 Å². The van der Waals surface area contributed by atoms with Crippen molar-refractivity contribution in [1.29, 1.82) is 0 Å². The zero-order chi connectivity index (χ0) is 25.8. The number of carbonyl (C=O) groups excluding carboxylic acids is 1. The van der Waals surface area contributed by atoms with Gasteiger partial charge in [0.1, 0.15) is 5.75 Å². The van der Waals surface area contributed by atoms with E-state index in [9.17, 15) is 4.79 Å². The lowest BCUT2D eigenvalue weighted by atomic mass is 10.1. The zero-order valence-corrected chi connectivity index (χ0v) is 22.3. The van der Waals surface area contributed by atoms with Crippen LogP contribution >= 0.6 is 0 Å². The first kappa shape index (κ1) is 25.3. The number of para-hydroxylation sites is 1. The van der Waals surface area contributed by atoms with Crippen LogP contribution in [0.2, 0.25) is 0 Å². The molecule has 1 aromatic heterocycles. The molecule has 1 aliphatic rings. The van der Waals surface area contributed by atoms with E-state index in [2.05, 4.69) is 77.0 Å². The third-order valence-electron chi connectivity index (χ3n) is 7.54. The van der Waals surface area contributed by atoms with E-state index < -0.39 is 0 Å². The number of hydrogen-bond acceptors (Lipinski definition) is 4. The number of nitrogens with zero attached hydrogens (tertiary/aromatic N) is 4. The molecule has 6 heteroatoms. The summed E-state index contributed by atoms with van der Waals surface area (Å²) >= 11 is 0. The summed E-state index contributed by atoms with van der Waals surface area (Å²) in [5.41, 5.74) is 4.55. The number of aryl methyl sites for hydroxylation is 1. The van der Waals surface area contributed by atoms with Crippen molar-refractivity contribution in [2.24, 2.45) is 0 Å². The van der Waals surface area contributed by atoms with Gasteiger partial charge in [-0.15, -0.1) is 0 Å². The average Bonchev–Trinajstić information content (AvgIpc) is 3.25. The highest BCUT2D eigenvalue weighted by Gasteiger charge is 2.23. The van der Waals surface area contributed by atoms with Gasteiger partial charge in [0.15, 0.2) is 0 Å². The lowest BCUT2D eigenvalue weighted by Gasteiger charge is -2.34. The Morgan fingerprint density at radius 1 is 0.865 bits per heavy atom. The first-order valence-electron chi connectivity index (χ1n) is 13.3. The van der Waals surface area contributed by atoms with Crippen LogP contribution in [0.5, 0.6) is 5.75 Å². The molecule has 0 aliphatic carbocycles. The molecule has 1 saturated heterocycles. The highest BCUT2D eigenvalue weighted by molar-refractivity contribution is 6.10. The molecule has 1 fully saturated rings. The van der Waals surface area contributed by atoms with Gasteiger partial charge in [0.2, 0.25) is 0 Å². The number of benzene rings is 3. The van der Waals surface area contributed by atoms with Gasteiger partial charge in [-0.1, -0.05) is 30.3 Å². The van der Waals surface area contributed by atoms with E-state index in [1.165, 1.54) is 27.4 Å². The van der Waals surface area contributed by atoms with Gasteiger partial charge >= 0.3 is 0 Å². The van der Waals surface area contributed by atoms with Crippen molar-refractivity contribution in [1.82, 2.24) is 19.3 Å². The number of ether oxygens (including phenoxy) is 1. The first-order valence-corrected chi connectivity index (χ1v) is 13.3. The van der Waals surface area contributed by atoms with E-state index in [1.54, 1.807) is 7.11 Å². The van der Waals surface area contributed by atoms with Crippen molar-refractivity contribution in [3.05, 3.63) is 77.9 Å². The standard InChI is InChI=1S/C31H38N4O2/c1-32(2)16-6-17-35-29-8-5-4-7-27(29)28-23-25(11-14-30(28)35)31(36)34-21-19-33(20-22-34)18-15-24-9-12-26(37-3)13-10-24/h4-5,7-14,23H,6,15-22H2,1-3H3. The molecular weight excluding hydrogens is 460 g/mol. The Morgan fingerprint density at radius 2 is 1.59 bits per heavy atom. The molecule has 0 saturated carbocycles. The zero-order valence-electron chi connectivity index (χ0n) is 22.3. The Bertz CT molecular complexity index is 1350. The van der Waals surface area contributed by atoms with Crippen molar-refractivity contribution < 1.29 is 9.53 Å². The van der Waals surface area contributed by atoms with E-state index in [0.29, 0.717) is 0 Å². The Hall–Kier alpha value is -3.35. The highest BCUT2D eigenvalue weighted by Crippen LogP contribution is 2.30. The van der Waals surface area contributed by atoms with Crippen LogP contribution in [0.4, 0.5) is 0 Å². The SMILES string of the molecule is COc1ccc(CCN2CCN(C(=O)c3ccc4c(c3)c3ccccc3n4CCCN(C)C)CC2)cc1. The second kappa shape index (κ2) is 11.4. The minimum atomic E-state index is 0.140. The van der Waals surface area contributed by atoms with Gasteiger partial charge in [-0.3, -0.25) is 9.69 Å². The van der Waals surface area contributed by atoms with Gasteiger partial charge in [-0.05, 0) is 75.4 Å². The molecule has 1 amide bonds. The molecule has 1 aliphatic heterocycles. The topological polar surface area (TPSA) is 41.0 Å². The lowest BCUT2D eigenvalue weighted by Crippen LogP contribution is -2.49. The second-order valence-corrected chi connectivity index (χ2v) is 10.3. The van der Waals surface area contributed by atoms with Crippen LogP contribution in [0, 0.1) is 0 Å². The molecule has 0 unspecified atom stereocenters. The summed E-state index contributed by atoms with van der Waals surface area (Å²) in [6.07, 6.45) is 2.09. The Kier molecular flexibility index (Phi) is 7.77. The maximum Gasteiger partial charge on any atom is 0.253 e. The normalized spacial score (nSPS) is 14.6. The van der Waals surface area contributed by atoms with Gasteiger partial charge in [-0.2, -0.15) is 0 Å². The monoisotopic (exact) mass is 498 g/mol. The summed E-state index contributed by atoms with van der Waals surface area (Å²) in [4.78, 5) is 20.2. The van der Waals surface area contributed by atoms with Gasteiger partial charge in [-0.25, -0.2) is 0 Å². The van der Waals surface area contributed by atoms with E-state index in [1.807, 2.05) is 23.1 Å². The Balaban J connectivity index is 1.25. The molecule has 3 aromatic carbocycles. The van der Waals surface area contributed by atoms with Crippen LogP contribution in [0.25, 0.3) is 21.8 Å². The van der Waals surface area contributed by atoms with Crippen molar-refractivity contribution in [2.75, 3.05) is 60.5 Å². The van der Waals surface area contributed by atoms with Gasteiger partial charge < -0.3 is 19.1 Å². The van der Waals surface area contributed by atoms with E-state index in [0.717, 1.165) is 70.0 Å². The summed E-state index contributed by atoms with van der Waals surface area (Å²) < 4.78 is 7.66. The predicted octanol–water partition coefficient (Wildman–Crippen LogP) is 4.76. The fourth-order valence-electron chi connectivity index (χ4n) is 5.41. The maximum absolute atomic E-state index is 13.5. The van der Waals surface area contributed by atoms with E-state index in [-0.39, 0.29) is 5.91 Å². The van der Waals surface area contributed by atoms with Crippen LogP contribution in [-0.4, -0.2) is 85.6 Å². The van der Waals surface area contributed by atoms with Crippen LogP contribution in [0.1, 0.15) is 22.3 Å². The summed E-state index contributed by atoms with van der Waals surface area (Å²) in [5, 5.41) is 2.39. The number of hydrogen-bond donors (Lipinski definition) is 0. The summed E-state index contributed by atoms with van der Waals surface area (Å²) in [7, 11) is 5.93.